The van der Waals surface area contributed by atoms with Crippen LogP contribution in [0.2, 0.25) is 0 Å². The molecule has 3 aromatic heterocycles. The Morgan fingerprint density at radius 2 is 1.88 bits per heavy atom. The number of nitrogens with zero attached hydrogens (tertiary/aromatic N) is 4. The molecule has 0 amide bonds. The number of aryl methyl sites for hydroxylation is 2. The van der Waals surface area contributed by atoms with Crippen LogP contribution in [0.15, 0.2) is 27.4 Å². The Kier molecular flexibility index (Phi) is 6.34. The minimum absolute atomic E-state index is 0.223. The Morgan fingerprint density at radius 1 is 1.09 bits per heavy atom. The Labute approximate surface area is 200 Å². The van der Waals surface area contributed by atoms with Crippen molar-refractivity contribution in [1.29, 1.82) is 0 Å². The van der Waals surface area contributed by atoms with Crippen LogP contribution in [0, 0.1) is 0 Å². The number of nitrogens with one attached hydrogen (secondary N) is 1. The fraction of sp³-hybridized carbons (Fsp3) is 0.417. The van der Waals surface area contributed by atoms with Crippen molar-refractivity contribution in [3.8, 4) is 22.3 Å². The zero-order valence-corrected chi connectivity index (χ0v) is 20.3. The van der Waals surface area contributed by atoms with Gasteiger partial charge in [-0.1, -0.05) is 6.92 Å². The van der Waals surface area contributed by atoms with Gasteiger partial charge in [0.25, 0.3) is 11.4 Å². The summed E-state index contributed by atoms with van der Waals surface area (Å²) >= 11 is 1.76. The smallest absolute Gasteiger partial charge is 0.258 e. The molecule has 0 radical (unpaired) electrons. The molecule has 1 aliphatic rings. The molecule has 0 saturated carbocycles. The van der Waals surface area contributed by atoms with Gasteiger partial charge in [0.15, 0.2) is 11.5 Å². The second-order valence-corrected chi connectivity index (χ2v) is 9.44. The van der Waals surface area contributed by atoms with E-state index in [1.54, 1.807) is 30.6 Å². The molecule has 3 heterocycles. The van der Waals surface area contributed by atoms with Crippen molar-refractivity contribution in [2.45, 2.75) is 45.7 Å². The van der Waals surface area contributed by atoms with Gasteiger partial charge < -0.3 is 18.9 Å². The minimum Gasteiger partial charge on any atom is -0.493 e. The summed E-state index contributed by atoms with van der Waals surface area (Å²) in [6.07, 6.45) is 4.76. The van der Waals surface area contributed by atoms with Gasteiger partial charge in [-0.2, -0.15) is 0 Å². The van der Waals surface area contributed by atoms with E-state index in [4.69, 9.17) is 13.9 Å². The average Bonchev–Trinajstić information content (AvgIpc) is 3.49. The van der Waals surface area contributed by atoms with Gasteiger partial charge in [-0.3, -0.25) is 9.69 Å². The maximum absolute atomic E-state index is 12.7. The van der Waals surface area contributed by atoms with Gasteiger partial charge in [0, 0.05) is 10.9 Å². The first-order valence-corrected chi connectivity index (χ1v) is 12.2. The van der Waals surface area contributed by atoms with Crippen LogP contribution < -0.4 is 15.0 Å². The highest BCUT2D eigenvalue weighted by Gasteiger charge is 2.19. The lowest BCUT2D eigenvalue weighted by molar-refractivity contribution is 0.238. The summed E-state index contributed by atoms with van der Waals surface area (Å²) in [4.78, 5) is 24.8. The Bertz CT molecular complexity index is 1350. The second-order valence-electron chi connectivity index (χ2n) is 8.31. The van der Waals surface area contributed by atoms with Crippen LogP contribution in [0.4, 0.5) is 0 Å². The molecule has 5 rings (SSSR count). The van der Waals surface area contributed by atoms with Gasteiger partial charge in [0.1, 0.15) is 5.82 Å². The summed E-state index contributed by atoms with van der Waals surface area (Å²) < 4.78 is 16.6. The molecule has 10 heteroatoms. The number of aromatic amines is 1. The maximum atomic E-state index is 12.7. The van der Waals surface area contributed by atoms with Gasteiger partial charge >= 0.3 is 0 Å². The van der Waals surface area contributed by atoms with Gasteiger partial charge in [-0.05, 0) is 49.9 Å². The van der Waals surface area contributed by atoms with Crippen LogP contribution >= 0.6 is 11.3 Å². The average molecular weight is 482 g/mol. The van der Waals surface area contributed by atoms with Crippen LogP contribution in [0.5, 0.6) is 11.5 Å². The summed E-state index contributed by atoms with van der Waals surface area (Å²) in [5.74, 6) is 2.68. The highest BCUT2D eigenvalue weighted by molar-refractivity contribution is 7.15. The molecule has 1 aromatic carbocycles. The Balaban J connectivity index is 1.34. The summed E-state index contributed by atoms with van der Waals surface area (Å²) in [7, 11) is 3.09. The zero-order valence-electron chi connectivity index (χ0n) is 19.5. The number of benzene rings is 1. The molecular weight excluding hydrogens is 454 g/mol. The molecule has 0 spiro atoms. The van der Waals surface area contributed by atoms with E-state index < -0.39 is 0 Å². The Hall–Kier alpha value is -3.24. The number of aromatic nitrogens is 4. The van der Waals surface area contributed by atoms with Crippen LogP contribution in [-0.4, -0.2) is 45.8 Å². The van der Waals surface area contributed by atoms with E-state index in [2.05, 4.69) is 31.1 Å². The van der Waals surface area contributed by atoms with Crippen molar-refractivity contribution in [3.63, 3.8) is 0 Å². The van der Waals surface area contributed by atoms with Crippen LogP contribution in [0.25, 0.3) is 21.7 Å². The molecule has 9 nitrogen and oxygen atoms in total. The molecule has 178 valence electrons. The lowest BCUT2D eigenvalue weighted by Crippen LogP contribution is -2.25. The molecule has 0 fully saturated rings. The minimum atomic E-state index is -0.223. The normalized spacial score (nSPS) is 13.4. The molecule has 0 saturated heterocycles. The van der Waals surface area contributed by atoms with Gasteiger partial charge in [0.2, 0.25) is 5.89 Å². The van der Waals surface area contributed by atoms with E-state index in [9.17, 15) is 4.79 Å². The van der Waals surface area contributed by atoms with Crippen molar-refractivity contribution in [2.24, 2.45) is 0 Å². The fourth-order valence-corrected chi connectivity index (χ4v) is 5.46. The number of rotatable bonds is 8. The maximum Gasteiger partial charge on any atom is 0.258 e. The van der Waals surface area contributed by atoms with Crippen molar-refractivity contribution in [2.75, 3.05) is 20.8 Å². The van der Waals surface area contributed by atoms with Gasteiger partial charge in [-0.25, -0.2) is 4.98 Å². The third kappa shape index (κ3) is 4.43. The topological polar surface area (TPSA) is 106 Å². The standard InChI is InChI=1S/C24H27N5O4S/c1-4-29(12-21-25-16-11-18(32-3)17(31-2)10-15(16)23(30)26-21)13-22-27-28-24(33-22)20-9-14-7-5-6-8-19(14)34-20/h9-11H,4-8,12-13H2,1-3H3,(H,25,26,30). The third-order valence-corrected chi connectivity index (χ3v) is 7.34. The lowest BCUT2D eigenvalue weighted by atomic mass is 9.99. The van der Waals surface area contributed by atoms with Crippen molar-refractivity contribution in [3.05, 3.63) is 50.7 Å². The number of H-pyrrole nitrogens is 1. The van der Waals surface area contributed by atoms with E-state index >= 15 is 0 Å². The number of methoxy groups -OCH3 is 2. The van der Waals surface area contributed by atoms with Gasteiger partial charge in [0.05, 0.1) is 43.1 Å². The molecule has 34 heavy (non-hydrogen) atoms. The van der Waals surface area contributed by atoms with Crippen LogP contribution in [0.3, 0.4) is 0 Å². The highest BCUT2D eigenvalue weighted by atomic mass is 32.1. The van der Waals surface area contributed by atoms with Crippen molar-refractivity contribution < 1.29 is 13.9 Å². The second kappa shape index (κ2) is 9.55. The zero-order chi connectivity index (χ0) is 23.7. The van der Waals surface area contributed by atoms with Crippen molar-refractivity contribution >= 4 is 22.2 Å². The van der Waals surface area contributed by atoms with Crippen LogP contribution in [-0.2, 0) is 25.9 Å². The first-order chi connectivity index (χ1) is 16.6. The SMILES string of the molecule is CCN(Cc1nc2cc(OC)c(OC)cc2c(=O)[nH]1)Cc1nnc(-c2cc3c(s2)CCCC3)o1. The van der Waals surface area contributed by atoms with Crippen LogP contribution in [0.1, 0.15) is 41.9 Å². The number of thiophene rings is 1. The largest absolute Gasteiger partial charge is 0.493 e. The van der Waals surface area contributed by atoms with Gasteiger partial charge in [-0.15, -0.1) is 21.5 Å². The quantitative estimate of drug-likeness (QED) is 0.403. The molecular formula is C24H27N5O4S. The van der Waals surface area contributed by atoms with E-state index in [0.29, 0.717) is 53.1 Å². The number of hydrogen-bond acceptors (Lipinski definition) is 9. The van der Waals surface area contributed by atoms with Crippen molar-refractivity contribution in [1.82, 2.24) is 25.1 Å². The molecule has 0 bridgehead atoms. The van der Waals surface area contributed by atoms with E-state index in [1.807, 2.05) is 6.92 Å². The predicted molar refractivity (Wildman–Crippen MR) is 130 cm³/mol. The first kappa shape index (κ1) is 22.5. The first-order valence-electron chi connectivity index (χ1n) is 11.4. The van der Waals surface area contributed by atoms with E-state index in [-0.39, 0.29) is 5.56 Å². The fourth-order valence-electron chi connectivity index (χ4n) is 4.28. The summed E-state index contributed by atoms with van der Waals surface area (Å²) in [5.41, 5.74) is 1.75. The van der Waals surface area contributed by atoms with E-state index in [0.717, 1.165) is 24.3 Å². The number of ether oxygens (including phenoxy) is 2. The summed E-state index contributed by atoms with van der Waals surface area (Å²) in [6, 6.07) is 5.55. The summed E-state index contributed by atoms with van der Waals surface area (Å²) in [5, 5.41) is 8.99. The summed E-state index contributed by atoms with van der Waals surface area (Å²) in [6.45, 7) is 3.65. The van der Waals surface area contributed by atoms with E-state index in [1.165, 1.54) is 30.4 Å². The monoisotopic (exact) mass is 481 g/mol. The number of hydrogen-bond donors (Lipinski definition) is 1. The predicted octanol–water partition coefficient (Wildman–Crippen LogP) is 3.95. The molecule has 0 aliphatic heterocycles. The highest BCUT2D eigenvalue weighted by Crippen LogP contribution is 2.35. The Morgan fingerprint density at radius 3 is 2.65 bits per heavy atom. The molecule has 0 atom stereocenters. The molecule has 0 unspecified atom stereocenters. The third-order valence-electron chi connectivity index (χ3n) is 6.11. The lowest BCUT2D eigenvalue weighted by Gasteiger charge is -2.17. The number of fused-ring (bicyclic) bond motifs is 2. The molecule has 1 aliphatic carbocycles. The molecule has 4 aromatic rings. The molecule has 1 N–H and O–H groups in total.